The number of benzene rings is 1. The van der Waals surface area contributed by atoms with Crippen LogP contribution in [0.15, 0.2) is 24.3 Å². The van der Waals surface area contributed by atoms with Crippen molar-refractivity contribution in [3.8, 4) is 0 Å². The van der Waals surface area contributed by atoms with Gasteiger partial charge in [0.05, 0.1) is 5.60 Å². The van der Waals surface area contributed by atoms with E-state index in [2.05, 4.69) is 6.92 Å². The predicted octanol–water partition coefficient (Wildman–Crippen LogP) is 2.47. The Bertz CT molecular complexity index is 326. The second kappa shape index (κ2) is 6.15. The van der Waals surface area contributed by atoms with Crippen LogP contribution >= 0.6 is 0 Å². The van der Waals surface area contributed by atoms with E-state index in [1.165, 1.54) is 5.56 Å². The van der Waals surface area contributed by atoms with Gasteiger partial charge in [-0.1, -0.05) is 31.2 Å². The summed E-state index contributed by atoms with van der Waals surface area (Å²) in [6.45, 7) is 3.89. The second-order valence-corrected chi connectivity index (χ2v) is 4.43. The van der Waals surface area contributed by atoms with Gasteiger partial charge in [0, 0.05) is 20.6 Å². The van der Waals surface area contributed by atoms with Crippen molar-refractivity contribution in [2.24, 2.45) is 0 Å². The third kappa shape index (κ3) is 3.80. The van der Waals surface area contributed by atoms with Gasteiger partial charge in [-0.3, -0.25) is 0 Å². The molecule has 1 atom stereocenters. The van der Waals surface area contributed by atoms with Crippen LogP contribution in [0.1, 0.15) is 31.4 Å². The van der Waals surface area contributed by atoms with Crippen LogP contribution in [0.3, 0.4) is 0 Å². The highest BCUT2D eigenvalue weighted by Crippen LogP contribution is 2.27. The molecule has 0 heterocycles. The predicted molar refractivity (Wildman–Crippen MR) is 67.8 cm³/mol. The van der Waals surface area contributed by atoms with E-state index >= 15 is 0 Å². The first-order valence-corrected chi connectivity index (χ1v) is 5.91. The highest BCUT2D eigenvalue weighted by molar-refractivity contribution is 5.26. The summed E-state index contributed by atoms with van der Waals surface area (Å²) in [5, 5.41) is 10.4. The molecule has 0 aromatic heterocycles. The van der Waals surface area contributed by atoms with Crippen LogP contribution in [0.25, 0.3) is 0 Å². The van der Waals surface area contributed by atoms with Gasteiger partial charge in [-0.15, -0.1) is 0 Å². The van der Waals surface area contributed by atoms with Crippen LogP contribution < -0.4 is 0 Å². The van der Waals surface area contributed by atoms with Gasteiger partial charge in [-0.05, 0) is 24.5 Å². The fourth-order valence-corrected chi connectivity index (χ4v) is 1.80. The smallest absolute Gasteiger partial charge is 0.159 e. The molecule has 1 N–H and O–H groups in total. The Morgan fingerprint density at radius 2 is 1.71 bits per heavy atom. The molecule has 0 amide bonds. The number of methoxy groups -OCH3 is 2. The fourth-order valence-electron chi connectivity index (χ4n) is 1.80. The molecule has 1 rings (SSSR count). The molecule has 0 aliphatic heterocycles. The topological polar surface area (TPSA) is 38.7 Å². The zero-order valence-electron chi connectivity index (χ0n) is 11.1. The van der Waals surface area contributed by atoms with E-state index < -0.39 is 11.9 Å². The van der Waals surface area contributed by atoms with E-state index in [1.807, 2.05) is 24.3 Å². The van der Waals surface area contributed by atoms with Crippen molar-refractivity contribution in [1.82, 2.24) is 0 Å². The first-order valence-electron chi connectivity index (χ1n) is 5.91. The van der Waals surface area contributed by atoms with Crippen molar-refractivity contribution in [2.75, 3.05) is 14.2 Å². The average molecular weight is 238 g/mol. The zero-order valence-corrected chi connectivity index (χ0v) is 11.1. The Labute approximate surface area is 103 Å². The molecular formula is C14H22O3. The maximum absolute atomic E-state index is 10.4. The first kappa shape index (κ1) is 14.2. The maximum atomic E-state index is 10.4. The lowest BCUT2D eigenvalue weighted by Crippen LogP contribution is -2.29. The van der Waals surface area contributed by atoms with Crippen molar-refractivity contribution in [1.29, 1.82) is 0 Å². The SMILES string of the molecule is CCc1ccc(C(C)(O)CC(OC)OC)cc1. The van der Waals surface area contributed by atoms with Crippen LogP contribution in [0, 0.1) is 0 Å². The number of hydrogen-bond donors (Lipinski definition) is 1. The summed E-state index contributed by atoms with van der Waals surface area (Å²) in [4.78, 5) is 0. The highest BCUT2D eigenvalue weighted by Gasteiger charge is 2.27. The van der Waals surface area contributed by atoms with Gasteiger partial charge in [0.2, 0.25) is 0 Å². The lowest BCUT2D eigenvalue weighted by Gasteiger charge is -2.27. The lowest BCUT2D eigenvalue weighted by molar-refractivity contribution is -0.142. The molecule has 0 fully saturated rings. The van der Waals surface area contributed by atoms with Gasteiger partial charge in [-0.25, -0.2) is 0 Å². The van der Waals surface area contributed by atoms with Gasteiger partial charge in [0.25, 0.3) is 0 Å². The van der Waals surface area contributed by atoms with E-state index in [9.17, 15) is 5.11 Å². The average Bonchev–Trinajstić information content (AvgIpc) is 2.36. The number of rotatable bonds is 6. The molecule has 0 aliphatic carbocycles. The summed E-state index contributed by atoms with van der Waals surface area (Å²) in [5.74, 6) is 0. The van der Waals surface area contributed by atoms with Crippen molar-refractivity contribution in [2.45, 2.75) is 38.6 Å². The number of aryl methyl sites for hydroxylation is 1. The van der Waals surface area contributed by atoms with Crippen LogP contribution in [0.4, 0.5) is 0 Å². The molecule has 1 aromatic rings. The van der Waals surface area contributed by atoms with Crippen molar-refractivity contribution in [3.63, 3.8) is 0 Å². The van der Waals surface area contributed by atoms with E-state index in [4.69, 9.17) is 9.47 Å². The Kier molecular flexibility index (Phi) is 5.12. The molecule has 1 unspecified atom stereocenters. The van der Waals surface area contributed by atoms with E-state index in [-0.39, 0.29) is 0 Å². The minimum atomic E-state index is -0.942. The van der Waals surface area contributed by atoms with E-state index in [0.717, 1.165) is 12.0 Å². The Morgan fingerprint density at radius 3 is 2.12 bits per heavy atom. The molecule has 3 nitrogen and oxygen atoms in total. The highest BCUT2D eigenvalue weighted by atomic mass is 16.7. The minimum absolute atomic E-state index is 0.393. The van der Waals surface area contributed by atoms with E-state index in [0.29, 0.717) is 6.42 Å². The quantitative estimate of drug-likeness (QED) is 0.774. The summed E-state index contributed by atoms with van der Waals surface area (Å²) >= 11 is 0. The van der Waals surface area contributed by atoms with Crippen molar-refractivity contribution < 1.29 is 14.6 Å². The lowest BCUT2D eigenvalue weighted by atomic mass is 9.91. The van der Waals surface area contributed by atoms with Gasteiger partial charge in [-0.2, -0.15) is 0 Å². The molecule has 0 saturated carbocycles. The molecule has 0 bridgehead atoms. The molecule has 0 spiro atoms. The summed E-state index contributed by atoms with van der Waals surface area (Å²) in [6.07, 6.45) is 1.02. The standard InChI is InChI=1S/C14H22O3/c1-5-11-6-8-12(9-7-11)14(2,15)10-13(16-3)17-4/h6-9,13,15H,5,10H2,1-4H3. The summed E-state index contributed by atoms with van der Waals surface area (Å²) in [5.41, 5.74) is 1.21. The zero-order chi connectivity index (χ0) is 12.9. The Balaban J connectivity index is 2.80. The second-order valence-electron chi connectivity index (χ2n) is 4.43. The molecule has 96 valence electrons. The number of aliphatic hydroxyl groups is 1. The largest absolute Gasteiger partial charge is 0.385 e. The summed E-state index contributed by atoms with van der Waals surface area (Å²) < 4.78 is 10.2. The molecule has 0 aliphatic rings. The third-order valence-corrected chi connectivity index (χ3v) is 3.07. The summed E-state index contributed by atoms with van der Waals surface area (Å²) in [7, 11) is 3.15. The van der Waals surface area contributed by atoms with Gasteiger partial charge in [0.15, 0.2) is 6.29 Å². The molecule has 0 saturated heterocycles. The number of hydrogen-bond acceptors (Lipinski definition) is 3. The van der Waals surface area contributed by atoms with Gasteiger partial charge >= 0.3 is 0 Å². The number of ether oxygens (including phenoxy) is 2. The fraction of sp³-hybridized carbons (Fsp3) is 0.571. The van der Waals surface area contributed by atoms with Crippen LogP contribution in [0.2, 0.25) is 0 Å². The van der Waals surface area contributed by atoms with Gasteiger partial charge < -0.3 is 14.6 Å². The normalized spacial score (nSPS) is 14.9. The molecule has 0 radical (unpaired) electrons. The van der Waals surface area contributed by atoms with Crippen LogP contribution in [-0.2, 0) is 21.5 Å². The Hall–Kier alpha value is -0.900. The third-order valence-electron chi connectivity index (χ3n) is 3.07. The van der Waals surface area contributed by atoms with Crippen LogP contribution in [0.5, 0.6) is 0 Å². The molecule has 3 heteroatoms. The van der Waals surface area contributed by atoms with Crippen molar-refractivity contribution in [3.05, 3.63) is 35.4 Å². The molecule has 17 heavy (non-hydrogen) atoms. The maximum Gasteiger partial charge on any atom is 0.159 e. The van der Waals surface area contributed by atoms with Gasteiger partial charge in [0.1, 0.15) is 0 Å². The van der Waals surface area contributed by atoms with E-state index in [1.54, 1.807) is 21.1 Å². The first-order chi connectivity index (χ1) is 8.03. The molecular weight excluding hydrogens is 216 g/mol. The molecule has 1 aromatic carbocycles. The monoisotopic (exact) mass is 238 g/mol. The summed E-state index contributed by atoms with van der Waals surface area (Å²) in [6, 6.07) is 8.00. The Morgan fingerprint density at radius 1 is 1.18 bits per heavy atom. The minimum Gasteiger partial charge on any atom is -0.385 e. The van der Waals surface area contributed by atoms with Crippen LogP contribution in [-0.4, -0.2) is 25.6 Å². The van der Waals surface area contributed by atoms with Crippen molar-refractivity contribution >= 4 is 0 Å².